The normalized spacial score (nSPS) is 10.2. The van der Waals surface area contributed by atoms with Gasteiger partial charge in [0.2, 0.25) is 0 Å². The molecule has 0 aliphatic heterocycles. The molecule has 1 aromatic carbocycles. The van der Waals surface area contributed by atoms with E-state index in [9.17, 15) is 9.59 Å². The molecule has 2 aromatic rings. The predicted octanol–water partition coefficient (Wildman–Crippen LogP) is 3.92. The van der Waals surface area contributed by atoms with Gasteiger partial charge in [-0.25, -0.2) is 14.6 Å². The molecule has 5 nitrogen and oxygen atoms in total. The standard InChI is InChI=1S/C16H13Cl2NO4/c1-2-22-15(20)13-4-3-5-14(19-13)16(21)23-9-10-6-11(17)8-12(18)7-10/h3-8H,2,9H2,1H3. The lowest BCUT2D eigenvalue weighted by atomic mass is 10.2. The summed E-state index contributed by atoms with van der Waals surface area (Å²) in [5.74, 6) is -1.25. The molecule has 0 saturated heterocycles. The van der Waals surface area contributed by atoms with Gasteiger partial charge in [0.25, 0.3) is 0 Å². The molecule has 2 rings (SSSR count). The van der Waals surface area contributed by atoms with Crippen LogP contribution in [0.3, 0.4) is 0 Å². The van der Waals surface area contributed by atoms with Crippen molar-refractivity contribution >= 4 is 35.1 Å². The van der Waals surface area contributed by atoms with E-state index < -0.39 is 11.9 Å². The molecule has 0 fully saturated rings. The van der Waals surface area contributed by atoms with E-state index in [0.29, 0.717) is 15.6 Å². The van der Waals surface area contributed by atoms with E-state index in [1.165, 1.54) is 18.2 Å². The molecule has 1 aromatic heterocycles. The minimum Gasteiger partial charge on any atom is -0.461 e. The van der Waals surface area contributed by atoms with Gasteiger partial charge in [0.15, 0.2) is 0 Å². The van der Waals surface area contributed by atoms with Crippen LogP contribution < -0.4 is 0 Å². The topological polar surface area (TPSA) is 65.5 Å². The van der Waals surface area contributed by atoms with Crippen LogP contribution in [0.15, 0.2) is 36.4 Å². The Balaban J connectivity index is 2.06. The van der Waals surface area contributed by atoms with Crippen LogP contribution in [0.4, 0.5) is 0 Å². The first-order valence-corrected chi connectivity index (χ1v) is 7.51. The highest BCUT2D eigenvalue weighted by molar-refractivity contribution is 6.34. The van der Waals surface area contributed by atoms with Crippen molar-refractivity contribution in [3.63, 3.8) is 0 Å². The highest BCUT2D eigenvalue weighted by atomic mass is 35.5. The molecule has 0 bridgehead atoms. The quantitative estimate of drug-likeness (QED) is 0.762. The Labute approximate surface area is 143 Å². The van der Waals surface area contributed by atoms with Crippen LogP contribution in [0.25, 0.3) is 0 Å². The van der Waals surface area contributed by atoms with Gasteiger partial charge in [0.05, 0.1) is 6.61 Å². The largest absolute Gasteiger partial charge is 0.461 e. The van der Waals surface area contributed by atoms with E-state index in [4.69, 9.17) is 32.7 Å². The summed E-state index contributed by atoms with van der Waals surface area (Å²) in [4.78, 5) is 27.6. The van der Waals surface area contributed by atoms with Gasteiger partial charge < -0.3 is 9.47 Å². The van der Waals surface area contributed by atoms with Crippen LogP contribution in [-0.4, -0.2) is 23.5 Å². The number of carbonyl (C=O) groups excluding carboxylic acids is 2. The van der Waals surface area contributed by atoms with Crippen molar-refractivity contribution in [1.82, 2.24) is 4.98 Å². The molecule has 0 atom stereocenters. The monoisotopic (exact) mass is 353 g/mol. The van der Waals surface area contributed by atoms with E-state index in [0.717, 1.165) is 0 Å². The van der Waals surface area contributed by atoms with Gasteiger partial charge in [-0.05, 0) is 42.8 Å². The Morgan fingerprint density at radius 2 is 1.57 bits per heavy atom. The summed E-state index contributed by atoms with van der Waals surface area (Å²) in [5.41, 5.74) is 0.716. The maximum Gasteiger partial charge on any atom is 0.357 e. The molecule has 0 saturated carbocycles. The molecule has 0 aliphatic rings. The lowest BCUT2D eigenvalue weighted by Gasteiger charge is -2.07. The summed E-state index contributed by atoms with van der Waals surface area (Å²) in [6, 6.07) is 9.32. The molecule has 7 heteroatoms. The molecule has 0 aliphatic carbocycles. The molecule has 0 amide bonds. The number of halogens is 2. The molecule has 23 heavy (non-hydrogen) atoms. The zero-order valence-corrected chi connectivity index (χ0v) is 13.7. The van der Waals surface area contributed by atoms with E-state index in [1.54, 1.807) is 25.1 Å². The molecule has 1 heterocycles. The van der Waals surface area contributed by atoms with E-state index in [-0.39, 0.29) is 24.6 Å². The van der Waals surface area contributed by atoms with Gasteiger partial charge in [-0.15, -0.1) is 0 Å². The molecular weight excluding hydrogens is 341 g/mol. The third kappa shape index (κ3) is 4.94. The fraction of sp³-hybridized carbons (Fsp3) is 0.188. The summed E-state index contributed by atoms with van der Waals surface area (Å²) in [7, 11) is 0. The highest BCUT2D eigenvalue weighted by Gasteiger charge is 2.14. The minimum atomic E-state index is -0.660. The summed E-state index contributed by atoms with van der Waals surface area (Å²) >= 11 is 11.8. The number of pyridine rings is 1. The molecule has 0 N–H and O–H groups in total. The molecular formula is C16H13Cl2NO4. The van der Waals surface area contributed by atoms with Gasteiger partial charge in [0.1, 0.15) is 18.0 Å². The Hall–Kier alpha value is -2.11. The van der Waals surface area contributed by atoms with Crippen LogP contribution in [0.2, 0.25) is 10.0 Å². The average Bonchev–Trinajstić information content (AvgIpc) is 2.52. The second kappa shape index (κ2) is 7.94. The fourth-order valence-corrected chi connectivity index (χ4v) is 2.36. The Morgan fingerprint density at radius 1 is 1.00 bits per heavy atom. The second-order valence-corrected chi connectivity index (χ2v) is 5.36. The number of esters is 2. The van der Waals surface area contributed by atoms with Crippen molar-refractivity contribution in [3.05, 3.63) is 63.4 Å². The maximum atomic E-state index is 12.0. The third-order valence-electron chi connectivity index (χ3n) is 2.74. The van der Waals surface area contributed by atoms with Crippen molar-refractivity contribution in [2.75, 3.05) is 6.61 Å². The van der Waals surface area contributed by atoms with Gasteiger partial charge >= 0.3 is 11.9 Å². The summed E-state index contributed by atoms with van der Waals surface area (Å²) in [6.07, 6.45) is 0. The lowest BCUT2D eigenvalue weighted by Crippen LogP contribution is -2.12. The Morgan fingerprint density at radius 3 is 2.13 bits per heavy atom. The molecule has 0 unspecified atom stereocenters. The van der Waals surface area contributed by atoms with Crippen molar-refractivity contribution < 1.29 is 19.1 Å². The SMILES string of the molecule is CCOC(=O)c1cccc(C(=O)OCc2cc(Cl)cc(Cl)c2)n1. The summed E-state index contributed by atoms with van der Waals surface area (Å²) < 4.78 is 9.98. The maximum absolute atomic E-state index is 12.0. The number of aromatic nitrogens is 1. The number of nitrogens with zero attached hydrogens (tertiary/aromatic N) is 1. The smallest absolute Gasteiger partial charge is 0.357 e. The predicted molar refractivity (Wildman–Crippen MR) is 85.8 cm³/mol. The van der Waals surface area contributed by atoms with Gasteiger partial charge in [-0.3, -0.25) is 0 Å². The van der Waals surface area contributed by atoms with Crippen molar-refractivity contribution in [3.8, 4) is 0 Å². The number of hydrogen-bond donors (Lipinski definition) is 0. The van der Waals surface area contributed by atoms with E-state index in [1.807, 2.05) is 0 Å². The number of hydrogen-bond acceptors (Lipinski definition) is 5. The Kier molecular flexibility index (Phi) is 5.96. The minimum absolute atomic E-state index is 0.00950. The van der Waals surface area contributed by atoms with E-state index >= 15 is 0 Å². The first kappa shape index (κ1) is 17.2. The zero-order chi connectivity index (χ0) is 16.8. The molecule has 120 valence electrons. The third-order valence-corrected chi connectivity index (χ3v) is 3.17. The van der Waals surface area contributed by atoms with Crippen LogP contribution in [0.1, 0.15) is 33.5 Å². The second-order valence-electron chi connectivity index (χ2n) is 4.48. The van der Waals surface area contributed by atoms with Crippen LogP contribution in [-0.2, 0) is 16.1 Å². The van der Waals surface area contributed by atoms with Gasteiger partial charge in [0, 0.05) is 10.0 Å². The first-order chi connectivity index (χ1) is 11.0. The van der Waals surface area contributed by atoms with Crippen molar-refractivity contribution in [2.45, 2.75) is 13.5 Å². The summed E-state index contributed by atoms with van der Waals surface area (Å²) in [6.45, 7) is 1.90. The van der Waals surface area contributed by atoms with Crippen molar-refractivity contribution in [1.29, 1.82) is 0 Å². The van der Waals surface area contributed by atoms with Crippen LogP contribution in [0, 0.1) is 0 Å². The van der Waals surface area contributed by atoms with Crippen LogP contribution >= 0.6 is 23.2 Å². The van der Waals surface area contributed by atoms with Crippen molar-refractivity contribution in [2.24, 2.45) is 0 Å². The number of rotatable bonds is 5. The molecule has 0 radical (unpaired) electrons. The van der Waals surface area contributed by atoms with Gasteiger partial charge in [-0.1, -0.05) is 29.3 Å². The molecule has 0 spiro atoms. The van der Waals surface area contributed by atoms with E-state index in [2.05, 4.69) is 4.98 Å². The lowest BCUT2D eigenvalue weighted by molar-refractivity contribution is 0.0464. The Bertz CT molecular complexity index is 714. The number of benzene rings is 1. The summed E-state index contributed by atoms with van der Waals surface area (Å²) in [5, 5.41) is 0.900. The highest BCUT2D eigenvalue weighted by Crippen LogP contribution is 2.19. The average molecular weight is 354 g/mol. The van der Waals surface area contributed by atoms with Gasteiger partial charge in [-0.2, -0.15) is 0 Å². The fourth-order valence-electron chi connectivity index (χ4n) is 1.78. The zero-order valence-electron chi connectivity index (χ0n) is 12.2. The number of ether oxygens (including phenoxy) is 2. The first-order valence-electron chi connectivity index (χ1n) is 6.76. The number of carbonyl (C=O) groups is 2. The van der Waals surface area contributed by atoms with Crippen LogP contribution in [0.5, 0.6) is 0 Å².